The number of amides is 1. The van der Waals surface area contributed by atoms with E-state index in [0.717, 1.165) is 51.3 Å². The predicted molar refractivity (Wildman–Crippen MR) is 144 cm³/mol. The molecule has 1 aromatic rings. The van der Waals surface area contributed by atoms with E-state index in [2.05, 4.69) is 38.1 Å². The molecule has 0 atom stereocenters. The van der Waals surface area contributed by atoms with Crippen molar-refractivity contribution >= 4 is 53.2 Å². The molecule has 1 amide bonds. The summed E-state index contributed by atoms with van der Waals surface area (Å²) in [6, 6.07) is 2.05. The molecule has 37 heavy (non-hydrogen) atoms. The minimum atomic E-state index is -3.95. The van der Waals surface area contributed by atoms with Crippen LogP contribution in [0.4, 0.5) is 11.4 Å². The Bertz CT molecular complexity index is 1170. The van der Waals surface area contributed by atoms with Crippen molar-refractivity contribution in [3.05, 3.63) is 27.8 Å². The van der Waals surface area contributed by atoms with Gasteiger partial charge in [0.05, 0.1) is 28.4 Å². The second kappa shape index (κ2) is 13.8. The normalized spacial score (nSPS) is 15.5. The molecule has 1 saturated heterocycles. The van der Waals surface area contributed by atoms with Gasteiger partial charge in [0.1, 0.15) is 5.56 Å². The number of piperazine rings is 1. The molecule has 13 nitrogen and oxygen atoms in total. The summed E-state index contributed by atoms with van der Waals surface area (Å²) >= 11 is 3.27. The number of alkyl halides is 1. The molecule has 1 aromatic carbocycles. The number of sulfone groups is 1. The standard InChI is InChI=1S/C21H34BrN5O8S2/c1-24-9-11-25(12-10-24)7-4-6-23-21(28)17-15-19(20(36(2,31)32)16-18(17)27(29)30)26(8-5-22)13-14-35-37(3,33)34/h15-16H,4-14H2,1-3H3,(H,23,28). The molecule has 0 aromatic heterocycles. The fourth-order valence-electron chi connectivity index (χ4n) is 3.86. The molecule has 0 unspecified atom stereocenters. The average molecular weight is 629 g/mol. The van der Waals surface area contributed by atoms with Crippen molar-refractivity contribution in [2.75, 3.05) is 88.8 Å². The molecule has 1 aliphatic heterocycles. The summed E-state index contributed by atoms with van der Waals surface area (Å²) in [7, 11) is -5.62. The molecular weight excluding hydrogens is 594 g/mol. The lowest BCUT2D eigenvalue weighted by Gasteiger charge is -2.32. The first-order valence-corrected chi connectivity index (χ1v) is 16.4. The number of hydrogen-bond donors (Lipinski definition) is 1. The summed E-state index contributed by atoms with van der Waals surface area (Å²) in [4.78, 5) is 29.6. The van der Waals surface area contributed by atoms with Crippen LogP contribution in [0, 0.1) is 10.1 Å². The van der Waals surface area contributed by atoms with Crippen molar-refractivity contribution in [3.63, 3.8) is 0 Å². The summed E-state index contributed by atoms with van der Waals surface area (Å²) in [5.41, 5.74) is -0.866. The minimum Gasteiger partial charge on any atom is -0.367 e. The molecule has 1 fully saturated rings. The van der Waals surface area contributed by atoms with Crippen molar-refractivity contribution in [2.45, 2.75) is 11.3 Å². The van der Waals surface area contributed by atoms with E-state index in [1.165, 1.54) is 11.0 Å². The largest absolute Gasteiger partial charge is 0.367 e. The van der Waals surface area contributed by atoms with E-state index >= 15 is 0 Å². The monoisotopic (exact) mass is 627 g/mol. The number of rotatable bonds is 14. The van der Waals surface area contributed by atoms with Gasteiger partial charge in [-0.2, -0.15) is 8.42 Å². The average Bonchev–Trinajstić information content (AvgIpc) is 2.80. The van der Waals surface area contributed by atoms with Gasteiger partial charge in [-0.15, -0.1) is 0 Å². The maximum Gasteiger partial charge on any atom is 0.283 e. The Kier molecular flexibility index (Phi) is 11.7. The molecular formula is C21H34BrN5O8S2. The first-order chi connectivity index (χ1) is 17.2. The third-order valence-corrected chi connectivity index (χ3v) is 7.88. The van der Waals surface area contributed by atoms with Gasteiger partial charge in [0.2, 0.25) is 0 Å². The van der Waals surface area contributed by atoms with E-state index < -0.39 is 36.5 Å². The zero-order chi connectivity index (χ0) is 27.8. The third-order valence-electron chi connectivity index (χ3n) is 5.80. The van der Waals surface area contributed by atoms with Crippen molar-refractivity contribution in [3.8, 4) is 0 Å². The Balaban J connectivity index is 2.30. The Labute approximate surface area is 226 Å². The van der Waals surface area contributed by atoms with Gasteiger partial charge >= 0.3 is 0 Å². The molecule has 0 bridgehead atoms. The van der Waals surface area contributed by atoms with Crippen LogP contribution in [-0.2, 0) is 24.1 Å². The van der Waals surface area contributed by atoms with Crippen molar-refractivity contribution < 1.29 is 30.7 Å². The van der Waals surface area contributed by atoms with Crippen LogP contribution in [0.5, 0.6) is 0 Å². The van der Waals surface area contributed by atoms with Crippen LogP contribution in [0.25, 0.3) is 0 Å². The van der Waals surface area contributed by atoms with Gasteiger partial charge in [0.15, 0.2) is 9.84 Å². The number of nitrogens with one attached hydrogen (secondary N) is 1. The molecule has 16 heteroatoms. The maximum absolute atomic E-state index is 13.0. The molecule has 1 N–H and O–H groups in total. The fraction of sp³-hybridized carbons (Fsp3) is 0.667. The lowest BCUT2D eigenvalue weighted by atomic mass is 10.1. The quantitative estimate of drug-likeness (QED) is 0.101. The van der Waals surface area contributed by atoms with Crippen LogP contribution >= 0.6 is 15.9 Å². The van der Waals surface area contributed by atoms with Crippen LogP contribution in [0.1, 0.15) is 16.8 Å². The number of nitro groups is 1. The lowest BCUT2D eigenvalue weighted by Crippen LogP contribution is -2.45. The highest BCUT2D eigenvalue weighted by Gasteiger charge is 2.29. The second-order valence-corrected chi connectivity index (χ2v) is 13.2. The zero-order valence-electron chi connectivity index (χ0n) is 21.2. The second-order valence-electron chi connectivity index (χ2n) is 8.82. The Morgan fingerprint density at radius 2 is 1.81 bits per heavy atom. The number of benzene rings is 1. The number of anilines is 1. The van der Waals surface area contributed by atoms with E-state index in [1.807, 2.05) is 0 Å². The topological polar surface area (TPSA) is 159 Å². The van der Waals surface area contributed by atoms with Gasteiger partial charge in [0.25, 0.3) is 21.7 Å². The highest BCUT2D eigenvalue weighted by atomic mass is 79.9. The van der Waals surface area contributed by atoms with E-state index in [1.54, 1.807) is 0 Å². The summed E-state index contributed by atoms with van der Waals surface area (Å²) < 4.78 is 52.6. The van der Waals surface area contributed by atoms with Crippen molar-refractivity contribution in [2.24, 2.45) is 0 Å². The smallest absolute Gasteiger partial charge is 0.283 e. The Hall–Kier alpha value is -1.85. The zero-order valence-corrected chi connectivity index (χ0v) is 24.4. The predicted octanol–water partition coefficient (Wildman–Crippen LogP) is 0.543. The number of carbonyl (C=O) groups is 1. The van der Waals surface area contributed by atoms with Gasteiger partial charge in [-0.05, 0) is 26.1 Å². The first-order valence-electron chi connectivity index (χ1n) is 11.6. The number of carbonyl (C=O) groups excluding carboxylic acids is 1. The van der Waals surface area contributed by atoms with Gasteiger partial charge in [-0.1, -0.05) is 15.9 Å². The van der Waals surface area contributed by atoms with Crippen LogP contribution < -0.4 is 10.2 Å². The number of nitrogens with zero attached hydrogens (tertiary/aromatic N) is 4. The SMILES string of the molecule is CN1CCN(CCCNC(=O)c2cc(N(CCBr)CCOS(C)(=O)=O)c(S(C)(=O)=O)cc2[N+](=O)[O-])CC1. The van der Waals surface area contributed by atoms with Crippen LogP contribution in [0.3, 0.4) is 0 Å². The molecule has 1 heterocycles. The van der Waals surface area contributed by atoms with E-state index in [-0.39, 0.29) is 35.8 Å². The third kappa shape index (κ3) is 10.1. The van der Waals surface area contributed by atoms with Gasteiger partial charge < -0.3 is 20.0 Å². The maximum atomic E-state index is 13.0. The molecule has 0 radical (unpaired) electrons. The van der Waals surface area contributed by atoms with E-state index in [4.69, 9.17) is 4.18 Å². The highest BCUT2D eigenvalue weighted by molar-refractivity contribution is 9.09. The highest BCUT2D eigenvalue weighted by Crippen LogP contribution is 2.33. The fourth-order valence-corrected chi connectivity index (χ4v) is 5.56. The lowest BCUT2D eigenvalue weighted by molar-refractivity contribution is -0.385. The van der Waals surface area contributed by atoms with Crippen molar-refractivity contribution in [1.29, 1.82) is 0 Å². The first kappa shape index (κ1) is 31.4. The minimum absolute atomic E-state index is 0.0366. The molecule has 0 aliphatic carbocycles. The Morgan fingerprint density at radius 1 is 1.16 bits per heavy atom. The summed E-state index contributed by atoms with van der Waals surface area (Å²) in [5, 5.41) is 14.8. The summed E-state index contributed by atoms with van der Waals surface area (Å²) in [6.07, 6.45) is 2.45. The number of likely N-dealkylation sites (N-methyl/N-ethyl adjacent to an activating group) is 1. The van der Waals surface area contributed by atoms with E-state index in [9.17, 15) is 31.7 Å². The van der Waals surface area contributed by atoms with E-state index in [0.29, 0.717) is 18.3 Å². The van der Waals surface area contributed by atoms with Gasteiger partial charge in [0, 0.05) is 63.5 Å². The van der Waals surface area contributed by atoms with Crippen LogP contribution in [-0.4, -0.2) is 121 Å². The molecule has 1 aliphatic rings. The molecule has 210 valence electrons. The summed E-state index contributed by atoms with van der Waals surface area (Å²) in [6.45, 7) is 4.76. The van der Waals surface area contributed by atoms with Crippen LogP contribution in [0.2, 0.25) is 0 Å². The van der Waals surface area contributed by atoms with Crippen LogP contribution in [0.15, 0.2) is 17.0 Å². The van der Waals surface area contributed by atoms with Gasteiger partial charge in [-0.25, -0.2) is 8.42 Å². The Morgan fingerprint density at radius 3 is 2.35 bits per heavy atom. The molecule has 0 spiro atoms. The molecule has 0 saturated carbocycles. The van der Waals surface area contributed by atoms with Crippen molar-refractivity contribution in [1.82, 2.24) is 15.1 Å². The summed E-state index contributed by atoms with van der Waals surface area (Å²) in [5.74, 6) is -0.697. The number of nitro benzene ring substituents is 1. The molecule has 2 rings (SSSR count). The number of hydrogen-bond acceptors (Lipinski definition) is 11. The number of halogens is 1. The van der Waals surface area contributed by atoms with Gasteiger partial charge in [-0.3, -0.25) is 19.1 Å².